The van der Waals surface area contributed by atoms with Crippen LogP contribution in [0, 0.1) is 0 Å². The van der Waals surface area contributed by atoms with E-state index in [2.05, 4.69) is 15.3 Å². The number of H-pyrrole nitrogens is 1. The van der Waals surface area contributed by atoms with Crippen LogP contribution in [0.15, 0.2) is 65.6 Å². The number of aromatic amines is 1. The third kappa shape index (κ3) is 3.70. The molecule has 0 saturated heterocycles. The van der Waals surface area contributed by atoms with Crippen LogP contribution in [0.2, 0.25) is 5.02 Å². The number of hydrogen-bond donors (Lipinski definition) is 2. The molecule has 5 nitrogen and oxygen atoms in total. The molecule has 0 unspecified atom stereocenters. The van der Waals surface area contributed by atoms with Crippen LogP contribution in [0.5, 0.6) is 0 Å². The number of benzene rings is 1. The molecular formula is C18H14ClN3O2. The van der Waals surface area contributed by atoms with Gasteiger partial charge in [0.05, 0.1) is 12.2 Å². The number of pyridine rings is 2. The highest BCUT2D eigenvalue weighted by atomic mass is 35.5. The Balaban J connectivity index is 1.76. The number of hydrogen-bond acceptors (Lipinski definition) is 3. The number of amides is 1. The largest absolute Gasteiger partial charge is 0.346 e. The lowest BCUT2D eigenvalue weighted by molar-refractivity contribution is 0.0949. The van der Waals surface area contributed by atoms with E-state index in [1.54, 1.807) is 48.7 Å². The molecule has 0 atom stereocenters. The number of rotatable bonds is 4. The van der Waals surface area contributed by atoms with Crippen molar-refractivity contribution in [3.63, 3.8) is 0 Å². The zero-order valence-electron chi connectivity index (χ0n) is 12.6. The smallest absolute Gasteiger partial charge is 0.261 e. The van der Waals surface area contributed by atoms with Gasteiger partial charge < -0.3 is 10.3 Å². The van der Waals surface area contributed by atoms with E-state index in [9.17, 15) is 9.59 Å². The lowest BCUT2D eigenvalue weighted by atomic mass is 10.1. The normalized spacial score (nSPS) is 10.4. The molecule has 0 fully saturated rings. The molecule has 1 aromatic carbocycles. The molecule has 3 aromatic rings. The monoisotopic (exact) mass is 339 g/mol. The number of carbonyl (C=O) groups excluding carboxylic acids is 1. The molecular weight excluding hydrogens is 326 g/mol. The number of nitrogens with one attached hydrogen (secondary N) is 2. The fourth-order valence-corrected chi connectivity index (χ4v) is 2.35. The third-order valence-electron chi connectivity index (χ3n) is 3.47. The fraction of sp³-hybridized carbons (Fsp3) is 0.0556. The Labute approximate surface area is 143 Å². The number of carbonyl (C=O) groups is 1. The van der Waals surface area contributed by atoms with Gasteiger partial charge in [0.15, 0.2) is 0 Å². The third-order valence-corrected chi connectivity index (χ3v) is 3.72. The highest BCUT2D eigenvalue weighted by Crippen LogP contribution is 2.18. The zero-order chi connectivity index (χ0) is 16.9. The average Bonchev–Trinajstić information content (AvgIpc) is 2.61. The molecule has 0 spiro atoms. The Kier molecular flexibility index (Phi) is 4.72. The highest BCUT2D eigenvalue weighted by molar-refractivity contribution is 6.30. The molecule has 120 valence electrons. The molecule has 0 saturated carbocycles. The van der Waals surface area contributed by atoms with Crippen molar-refractivity contribution in [3.05, 3.63) is 87.4 Å². The van der Waals surface area contributed by atoms with E-state index in [0.29, 0.717) is 10.7 Å². The second-order valence-corrected chi connectivity index (χ2v) is 5.56. The van der Waals surface area contributed by atoms with E-state index < -0.39 is 11.5 Å². The molecule has 24 heavy (non-hydrogen) atoms. The van der Waals surface area contributed by atoms with Gasteiger partial charge in [-0.1, -0.05) is 29.8 Å². The Bertz CT molecular complexity index is 906. The zero-order valence-corrected chi connectivity index (χ0v) is 13.4. The van der Waals surface area contributed by atoms with Gasteiger partial charge in [0, 0.05) is 16.9 Å². The molecule has 1 amide bonds. The van der Waals surface area contributed by atoms with Crippen LogP contribution in [0.4, 0.5) is 0 Å². The molecule has 0 radical (unpaired) electrons. The first-order chi connectivity index (χ1) is 11.6. The van der Waals surface area contributed by atoms with Gasteiger partial charge in [-0.3, -0.25) is 14.6 Å². The minimum Gasteiger partial charge on any atom is -0.346 e. The van der Waals surface area contributed by atoms with Crippen LogP contribution in [-0.2, 0) is 6.54 Å². The molecule has 0 aliphatic carbocycles. The summed E-state index contributed by atoms with van der Waals surface area (Å²) in [7, 11) is 0. The minimum atomic E-state index is -0.444. The molecule has 0 bridgehead atoms. The molecule has 3 rings (SSSR count). The molecule has 0 aliphatic heterocycles. The summed E-state index contributed by atoms with van der Waals surface area (Å²) < 4.78 is 0. The topological polar surface area (TPSA) is 74.8 Å². The van der Waals surface area contributed by atoms with Crippen molar-refractivity contribution >= 4 is 17.5 Å². The van der Waals surface area contributed by atoms with E-state index in [4.69, 9.17) is 11.6 Å². The molecule has 2 N–H and O–H groups in total. The van der Waals surface area contributed by atoms with Crippen LogP contribution in [-0.4, -0.2) is 15.9 Å². The van der Waals surface area contributed by atoms with Crippen LogP contribution in [0.1, 0.15) is 16.1 Å². The second kappa shape index (κ2) is 7.10. The van der Waals surface area contributed by atoms with Gasteiger partial charge in [-0.2, -0.15) is 0 Å². The predicted molar refractivity (Wildman–Crippen MR) is 92.9 cm³/mol. The second-order valence-electron chi connectivity index (χ2n) is 5.13. The maximum absolute atomic E-state index is 12.2. The first-order valence-corrected chi connectivity index (χ1v) is 7.68. The number of nitrogens with zero attached hydrogens (tertiary/aromatic N) is 1. The summed E-state index contributed by atoms with van der Waals surface area (Å²) in [6, 6.07) is 15.7. The summed E-state index contributed by atoms with van der Waals surface area (Å²) in [5.41, 5.74) is 1.78. The maximum Gasteiger partial charge on any atom is 0.261 e. The summed E-state index contributed by atoms with van der Waals surface area (Å²) in [4.78, 5) is 31.2. The average molecular weight is 340 g/mol. The van der Waals surface area contributed by atoms with Crippen LogP contribution in [0.3, 0.4) is 0 Å². The van der Waals surface area contributed by atoms with Crippen LogP contribution >= 0.6 is 11.6 Å². The van der Waals surface area contributed by atoms with Gasteiger partial charge in [0.2, 0.25) is 0 Å². The van der Waals surface area contributed by atoms with Gasteiger partial charge in [-0.25, -0.2) is 0 Å². The molecule has 2 aromatic heterocycles. The van der Waals surface area contributed by atoms with E-state index in [-0.39, 0.29) is 12.1 Å². The van der Waals surface area contributed by atoms with Gasteiger partial charge >= 0.3 is 0 Å². The van der Waals surface area contributed by atoms with Crippen molar-refractivity contribution in [2.24, 2.45) is 0 Å². The Morgan fingerprint density at radius 3 is 2.54 bits per heavy atom. The van der Waals surface area contributed by atoms with Gasteiger partial charge in [0.1, 0.15) is 5.56 Å². The first kappa shape index (κ1) is 16.0. The first-order valence-electron chi connectivity index (χ1n) is 7.31. The van der Waals surface area contributed by atoms with E-state index >= 15 is 0 Å². The summed E-state index contributed by atoms with van der Waals surface area (Å²) in [5, 5.41) is 3.30. The standard InChI is InChI=1S/C18H14ClN3O2/c19-13-6-4-12(5-7-13)16-9-8-15(18(24)22-16)17(23)21-11-14-3-1-2-10-20-14/h1-10H,11H2,(H,21,23)(H,22,24). The SMILES string of the molecule is O=C(NCc1ccccn1)c1ccc(-c2ccc(Cl)cc2)[nH]c1=O. The van der Waals surface area contributed by atoms with Crippen molar-refractivity contribution in [3.8, 4) is 11.3 Å². The number of halogens is 1. The Morgan fingerprint density at radius 1 is 1.08 bits per heavy atom. The van der Waals surface area contributed by atoms with Gasteiger partial charge in [-0.15, -0.1) is 0 Å². The van der Waals surface area contributed by atoms with E-state index in [1.807, 2.05) is 6.07 Å². The van der Waals surface area contributed by atoms with Crippen LogP contribution in [0.25, 0.3) is 11.3 Å². The van der Waals surface area contributed by atoms with Gasteiger partial charge in [-0.05, 0) is 42.0 Å². The lowest BCUT2D eigenvalue weighted by Gasteiger charge is -2.06. The predicted octanol–water partition coefficient (Wildman–Crippen LogP) is 3.02. The molecule has 2 heterocycles. The maximum atomic E-state index is 12.2. The van der Waals surface area contributed by atoms with Crippen molar-refractivity contribution in [2.45, 2.75) is 6.54 Å². The highest BCUT2D eigenvalue weighted by Gasteiger charge is 2.11. The van der Waals surface area contributed by atoms with Gasteiger partial charge in [0.25, 0.3) is 11.5 Å². The van der Waals surface area contributed by atoms with Crippen molar-refractivity contribution < 1.29 is 4.79 Å². The molecule has 0 aliphatic rings. The fourth-order valence-electron chi connectivity index (χ4n) is 2.22. The summed E-state index contributed by atoms with van der Waals surface area (Å²) in [6.45, 7) is 0.262. The number of aromatic nitrogens is 2. The minimum absolute atomic E-state index is 0.0589. The lowest BCUT2D eigenvalue weighted by Crippen LogP contribution is -2.29. The Hall–Kier alpha value is -2.92. The summed E-state index contributed by atoms with van der Waals surface area (Å²) in [5.74, 6) is -0.440. The Morgan fingerprint density at radius 2 is 1.88 bits per heavy atom. The van der Waals surface area contributed by atoms with E-state index in [0.717, 1.165) is 11.3 Å². The quantitative estimate of drug-likeness (QED) is 0.767. The summed E-state index contributed by atoms with van der Waals surface area (Å²) in [6.07, 6.45) is 1.65. The van der Waals surface area contributed by atoms with E-state index in [1.165, 1.54) is 6.07 Å². The van der Waals surface area contributed by atoms with Crippen molar-refractivity contribution in [2.75, 3.05) is 0 Å². The molecule has 6 heteroatoms. The van der Waals surface area contributed by atoms with Crippen LogP contribution < -0.4 is 10.9 Å². The summed E-state index contributed by atoms with van der Waals surface area (Å²) >= 11 is 5.85. The van der Waals surface area contributed by atoms with Crippen molar-refractivity contribution in [1.82, 2.24) is 15.3 Å². The van der Waals surface area contributed by atoms with Crippen molar-refractivity contribution in [1.29, 1.82) is 0 Å².